The van der Waals surface area contributed by atoms with Crippen molar-refractivity contribution in [3.63, 3.8) is 0 Å². The minimum absolute atomic E-state index is 0.219. The topological polar surface area (TPSA) is 96.8 Å². The number of urea groups is 1. The van der Waals surface area contributed by atoms with Gasteiger partial charge in [-0.3, -0.25) is 19.7 Å². The Kier molecular flexibility index (Phi) is 4.91. The van der Waals surface area contributed by atoms with Crippen LogP contribution >= 0.6 is 0 Å². The van der Waals surface area contributed by atoms with Crippen molar-refractivity contribution in [1.82, 2.24) is 20.0 Å². The van der Waals surface area contributed by atoms with Gasteiger partial charge in [0.05, 0.1) is 5.52 Å². The van der Waals surface area contributed by atoms with Crippen molar-refractivity contribution in [3.05, 3.63) is 23.8 Å². The molecule has 9 heteroatoms. The van der Waals surface area contributed by atoms with Gasteiger partial charge in [-0.15, -0.1) is 0 Å². The summed E-state index contributed by atoms with van der Waals surface area (Å²) in [7, 11) is 1.84. The predicted molar refractivity (Wildman–Crippen MR) is 111 cm³/mol. The summed E-state index contributed by atoms with van der Waals surface area (Å²) in [5, 5.41) is 7.72. The molecule has 1 aromatic heterocycles. The van der Waals surface area contributed by atoms with Crippen LogP contribution in [-0.4, -0.2) is 57.9 Å². The number of imide groups is 1. The van der Waals surface area contributed by atoms with Crippen LogP contribution in [-0.2, 0) is 16.6 Å². The molecular formula is C21H27N5O4. The van der Waals surface area contributed by atoms with Crippen LogP contribution < -0.4 is 10.2 Å². The van der Waals surface area contributed by atoms with Gasteiger partial charge in [0.15, 0.2) is 5.82 Å². The van der Waals surface area contributed by atoms with Gasteiger partial charge in [-0.2, -0.15) is 5.10 Å². The fourth-order valence-electron chi connectivity index (χ4n) is 4.00. The van der Waals surface area contributed by atoms with Crippen LogP contribution in [0, 0.1) is 0 Å². The number of hydrogen-bond donors (Lipinski definition) is 1. The smallest absolute Gasteiger partial charge is 0.410 e. The number of carbonyl (C=O) groups excluding carboxylic acids is 3. The molecule has 1 N–H and O–H groups in total. The Morgan fingerprint density at radius 1 is 1.23 bits per heavy atom. The molecule has 9 nitrogen and oxygen atoms in total. The molecule has 1 aromatic carbocycles. The van der Waals surface area contributed by atoms with Gasteiger partial charge in [-0.05, 0) is 44.9 Å². The molecule has 0 saturated carbocycles. The van der Waals surface area contributed by atoms with Crippen molar-refractivity contribution in [3.8, 4) is 0 Å². The molecule has 1 atom stereocenters. The maximum atomic E-state index is 12.4. The molecule has 2 saturated heterocycles. The molecule has 2 fully saturated rings. The van der Waals surface area contributed by atoms with E-state index in [0.29, 0.717) is 25.5 Å². The second-order valence-electron chi connectivity index (χ2n) is 8.89. The molecule has 0 aliphatic carbocycles. The fraction of sp³-hybridized carbons (Fsp3) is 0.524. The standard InChI is InChI=1S/C21H27N5O4/c1-21(2,3)30-20(29)25-9-7-14(12-25)13-5-6-15-16(11-13)24(4)23-18(15)26-10-8-17(27)22-19(26)28/h5-6,11,14H,7-10,12H2,1-4H3,(H,22,27,28)/t14-/m0/s1. The molecule has 30 heavy (non-hydrogen) atoms. The molecule has 3 heterocycles. The Labute approximate surface area is 174 Å². The van der Waals surface area contributed by atoms with Crippen molar-refractivity contribution < 1.29 is 19.1 Å². The van der Waals surface area contributed by atoms with Crippen LogP contribution in [0.4, 0.5) is 15.4 Å². The number of aromatic nitrogens is 2. The number of carbonyl (C=O) groups is 3. The Balaban J connectivity index is 1.55. The molecule has 0 radical (unpaired) electrons. The van der Waals surface area contributed by atoms with Crippen LogP contribution in [0.5, 0.6) is 0 Å². The number of nitrogens with zero attached hydrogens (tertiary/aromatic N) is 4. The zero-order chi connectivity index (χ0) is 21.6. The lowest BCUT2D eigenvalue weighted by molar-refractivity contribution is -0.120. The normalized spacial score (nSPS) is 20.1. The number of fused-ring (bicyclic) bond motifs is 1. The first-order chi connectivity index (χ1) is 14.1. The van der Waals surface area contributed by atoms with Crippen molar-refractivity contribution in [2.24, 2.45) is 7.05 Å². The Bertz CT molecular complexity index is 1020. The number of amides is 4. The van der Waals surface area contributed by atoms with E-state index in [1.54, 1.807) is 9.58 Å². The second-order valence-corrected chi connectivity index (χ2v) is 8.89. The number of benzene rings is 1. The summed E-state index contributed by atoms with van der Waals surface area (Å²) in [5.41, 5.74) is 1.52. The highest BCUT2D eigenvalue weighted by atomic mass is 16.6. The number of nitrogens with one attached hydrogen (secondary N) is 1. The molecule has 2 aliphatic rings. The lowest BCUT2D eigenvalue weighted by Crippen LogP contribution is -2.49. The monoisotopic (exact) mass is 413 g/mol. The summed E-state index contributed by atoms with van der Waals surface area (Å²) in [6, 6.07) is 5.62. The lowest BCUT2D eigenvalue weighted by Gasteiger charge is -2.24. The van der Waals surface area contributed by atoms with Gasteiger partial charge in [-0.1, -0.05) is 6.07 Å². The maximum Gasteiger partial charge on any atom is 0.410 e. The molecule has 4 rings (SSSR count). The van der Waals surface area contributed by atoms with Crippen molar-refractivity contribution in [2.45, 2.75) is 45.1 Å². The Hall–Kier alpha value is -3.10. The first-order valence-corrected chi connectivity index (χ1v) is 10.2. The van der Waals surface area contributed by atoms with E-state index in [1.165, 1.54) is 4.90 Å². The summed E-state index contributed by atoms with van der Waals surface area (Å²) in [6.45, 7) is 7.19. The number of hydrogen-bond acceptors (Lipinski definition) is 5. The summed E-state index contributed by atoms with van der Waals surface area (Å²) in [4.78, 5) is 39.3. The summed E-state index contributed by atoms with van der Waals surface area (Å²) < 4.78 is 7.24. The van der Waals surface area contributed by atoms with Crippen LogP contribution in [0.3, 0.4) is 0 Å². The molecular weight excluding hydrogens is 386 g/mol. The number of anilines is 1. The van der Waals surface area contributed by atoms with E-state index in [2.05, 4.69) is 16.5 Å². The van der Waals surface area contributed by atoms with E-state index >= 15 is 0 Å². The van der Waals surface area contributed by atoms with Gasteiger partial charge in [0.2, 0.25) is 5.91 Å². The summed E-state index contributed by atoms with van der Waals surface area (Å²) in [6.07, 6.45) is 0.843. The zero-order valence-electron chi connectivity index (χ0n) is 17.8. The molecule has 0 bridgehead atoms. The van der Waals surface area contributed by atoms with E-state index in [9.17, 15) is 14.4 Å². The minimum atomic E-state index is -0.509. The molecule has 0 unspecified atom stereocenters. The third-order valence-corrected chi connectivity index (χ3v) is 5.48. The highest BCUT2D eigenvalue weighted by Gasteiger charge is 2.32. The summed E-state index contributed by atoms with van der Waals surface area (Å²) in [5.74, 6) is 0.497. The van der Waals surface area contributed by atoms with Gasteiger partial charge in [-0.25, -0.2) is 9.59 Å². The van der Waals surface area contributed by atoms with Crippen LogP contribution in [0.1, 0.15) is 45.1 Å². The zero-order valence-corrected chi connectivity index (χ0v) is 17.8. The van der Waals surface area contributed by atoms with Gasteiger partial charge >= 0.3 is 12.1 Å². The third kappa shape index (κ3) is 3.83. The maximum absolute atomic E-state index is 12.4. The fourth-order valence-corrected chi connectivity index (χ4v) is 4.00. The number of rotatable bonds is 2. The van der Waals surface area contributed by atoms with E-state index in [-0.39, 0.29) is 24.3 Å². The highest BCUT2D eigenvalue weighted by molar-refractivity contribution is 6.08. The van der Waals surface area contributed by atoms with Crippen LogP contribution in [0.2, 0.25) is 0 Å². The average Bonchev–Trinajstić information content (AvgIpc) is 3.26. The molecule has 160 valence electrons. The Morgan fingerprint density at radius 2 is 2.00 bits per heavy atom. The predicted octanol–water partition coefficient (Wildman–Crippen LogP) is 2.74. The van der Waals surface area contributed by atoms with E-state index in [4.69, 9.17) is 4.74 Å². The number of ether oxygens (including phenoxy) is 1. The Morgan fingerprint density at radius 3 is 2.70 bits per heavy atom. The summed E-state index contributed by atoms with van der Waals surface area (Å²) >= 11 is 0. The molecule has 0 spiro atoms. The van der Waals surface area contributed by atoms with Crippen molar-refractivity contribution >= 4 is 34.8 Å². The number of aryl methyl sites for hydroxylation is 1. The molecule has 2 aromatic rings. The highest BCUT2D eigenvalue weighted by Crippen LogP contribution is 2.33. The van der Waals surface area contributed by atoms with E-state index < -0.39 is 11.6 Å². The minimum Gasteiger partial charge on any atom is -0.444 e. The SMILES string of the molecule is Cn1nc(N2CCC(=O)NC2=O)c2ccc([C@H]3CCN(C(=O)OC(C)(C)C)C3)cc21. The number of likely N-dealkylation sites (tertiary alicyclic amines) is 1. The van der Waals surface area contributed by atoms with Gasteiger partial charge in [0.1, 0.15) is 5.60 Å². The average molecular weight is 413 g/mol. The van der Waals surface area contributed by atoms with Gasteiger partial charge in [0.25, 0.3) is 0 Å². The van der Waals surface area contributed by atoms with Gasteiger partial charge in [0, 0.05) is 44.4 Å². The van der Waals surface area contributed by atoms with E-state index in [1.807, 2.05) is 40.0 Å². The van der Waals surface area contributed by atoms with Crippen LogP contribution in [0.15, 0.2) is 18.2 Å². The first kappa shape index (κ1) is 20.2. The van der Waals surface area contributed by atoms with Crippen molar-refractivity contribution in [2.75, 3.05) is 24.5 Å². The lowest BCUT2D eigenvalue weighted by atomic mass is 9.97. The molecule has 4 amide bonds. The van der Waals surface area contributed by atoms with E-state index in [0.717, 1.165) is 22.9 Å². The van der Waals surface area contributed by atoms with Gasteiger partial charge < -0.3 is 9.64 Å². The second kappa shape index (κ2) is 7.30. The van der Waals surface area contributed by atoms with Crippen molar-refractivity contribution in [1.29, 1.82) is 0 Å². The first-order valence-electron chi connectivity index (χ1n) is 10.2. The third-order valence-electron chi connectivity index (χ3n) is 5.48. The molecule has 2 aliphatic heterocycles. The van der Waals surface area contributed by atoms with Crippen LogP contribution in [0.25, 0.3) is 10.9 Å². The largest absolute Gasteiger partial charge is 0.444 e. The quantitative estimate of drug-likeness (QED) is 0.817.